The van der Waals surface area contributed by atoms with Gasteiger partial charge >= 0.3 is 0 Å². The quantitative estimate of drug-likeness (QED) is 0.465. The van der Waals surface area contributed by atoms with Crippen molar-refractivity contribution in [3.8, 4) is 17.6 Å². The number of primary sulfonamides is 1. The molecule has 1 amide bonds. The Labute approximate surface area is 203 Å². The number of anilines is 2. The zero-order valence-corrected chi connectivity index (χ0v) is 19.9. The molecule has 34 heavy (non-hydrogen) atoms. The fraction of sp³-hybridized carbons (Fsp3) is 0.130. The van der Waals surface area contributed by atoms with Gasteiger partial charge in [0.2, 0.25) is 15.9 Å². The number of nitriles is 1. The number of sulfonamides is 1. The van der Waals surface area contributed by atoms with E-state index < -0.39 is 15.8 Å². The second-order valence-electron chi connectivity index (χ2n) is 7.69. The first-order chi connectivity index (χ1) is 16.1. The van der Waals surface area contributed by atoms with E-state index in [2.05, 4.69) is 15.9 Å². The molecule has 0 aliphatic carbocycles. The van der Waals surface area contributed by atoms with Gasteiger partial charge in [-0.05, 0) is 64.0 Å². The number of halogens is 2. The molecule has 4 rings (SSSR count). The first-order valence-electron chi connectivity index (χ1n) is 9.97. The van der Waals surface area contributed by atoms with Gasteiger partial charge in [-0.3, -0.25) is 4.79 Å². The SMILES string of the molecule is N#Cc1cccc(F)c1Oc1cc([C@H]2CC(=O)N(c3ccc(S(N)(=O)=O)c(N)c3)C2)ccc1Br. The molecule has 8 nitrogen and oxygen atoms in total. The van der Waals surface area contributed by atoms with Crippen molar-refractivity contribution in [2.75, 3.05) is 17.2 Å². The van der Waals surface area contributed by atoms with E-state index in [0.717, 1.165) is 5.56 Å². The van der Waals surface area contributed by atoms with Crippen LogP contribution in [-0.2, 0) is 14.8 Å². The second kappa shape index (κ2) is 9.06. The van der Waals surface area contributed by atoms with Crippen molar-refractivity contribution in [3.05, 3.63) is 76.0 Å². The first kappa shape index (κ1) is 23.7. The number of nitrogens with zero attached hydrogens (tertiary/aromatic N) is 2. The lowest BCUT2D eigenvalue weighted by molar-refractivity contribution is -0.117. The molecule has 1 aliphatic heterocycles. The van der Waals surface area contributed by atoms with Crippen molar-refractivity contribution in [1.82, 2.24) is 0 Å². The monoisotopic (exact) mass is 544 g/mol. The molecule has 4 N–H and O–H groups in total. The number of carbonyl (C=O) groups excluding carboxylic acids is 1. The second-order valence-corrected chi connectivity index (χ2v) is 10.1. The molecular weight excluding hydrogens is 527 g/mol. The Kier molecular flexibility index (Phi) is 6.31. The maximum absolute atomic E-state index is 14.3. The zero-order valence-electron chi connectivity index (χ0n) is 17.5. The average Bonchev–Trinajstić information content (AvgIpc) is 3.17. The smallest absolute Gasteiger partial charge is 0.240 e. The Balaban J connectivity index is 1.61. The summed E-state index contributed by atoms with van der Waals surface area (Å²) in [6, 6.07) is 15.4. The molecule has 1 fully saturated rings. The summed E-state index contributed by atoms with van der Waals surface area (Å²) in [6.45, 7) is 0.317. The number of amides is 1. The van der Waals surface area contributed by atoms with Gasteiger partial charge in [0.1, 0.15) is 16.7 Å². The van der Waals surface area contributed by atoms with E-state index in [1.807, 2.05) is 12.1 Å². The number of ether oxygens (including phenoxy) is 1. The number of hydrogen-bond acceptors (Lipinski definition) is 6. The lowest BCUT2D eigenvalue weighted by Crippen LogP contribution is -2.24. The van der Waals surface area contributed by atoms with Gasteiger partial charge in [-0.1, -0.05) is 12.1 Å². The Morgan fingerprint density at radius 2 is 1.94 bits per heavy atom. The Bertz CT molecular complexity index is 1460. The van der Waals surface area contributed by atoms with E-state index in [1.165, 1.54) is 41.3 Å². The van der Waals surface area contributed by atoms with Crippen molar-refractivity contribution < 1.29 is 22.3 Å². The summed E-state index contributed by atoms with van der Waals surface area (Å²) in [5.41, 5.74) is 7.08. The van der Waals surface area contributed by atoms with E-state index in [9.17, 15) is 22.9 Å². The lowest BCUT2D eigenvalue weighted by atomic mass is 9.98. The number of carbonyl (C=O) groups is 1. The molecule has 0 aromatic heterocycles. The maximum atomic E-state index is 14.3. The van der Waals surface area contributed by atoms with Crippen molar-refractivity contribution in [1.29, 1.82) is 5.26 Å². The molecule has 3 aromatic carbocycles. The molecule has 1 aliphatic rings. The standard InChI is InChI=1S/C23H18BrFN4O4S/c24-17-6-4-13(8-20(17)33-23-14(11-26)2-1-3-18(23)25)15-9-22(30)29(12-15)16-5-7-21(19(27)10-16)34(28,31)32/h1-8,10,15H,9,12,27H2,(H2,28,31,32)/t15-/m0/s1. The first-order valence-corrected chi connectivity index (χ1v) is 12.3. The third-order valence-corrected chi connectivity index (χ3v) is 7.10. The number of nitrogen functional groups attached to an aromatic ring is 1. The van der Waals surface area contributed by atoms with Crippen LogP contribution in [0.25, 0.3) is 0 Å². The summed E-state index contributed by atoms with van der Waals surface area (Å²) in [7, 11) is -3.98. The average molecular weight is 545 g/mol. The predicted octanol–water partition coefficient (Wildman–Crippen LogP) is 4.00. The third-order valence-electron chi connectivity index (χ3n) is 5.46. The lowest BCUT2D eigenvalue weighted by Gasteiger charge is -2.19. The van der Waals surface area contributed by atoms with Crippen LogP contribution in [-0.4, -0.2) is 20.9 Å². The number of nitrogens with two attached hydrogens (primary N) is 2. The third kappa shape index (κ3) is 4.61. The summed E-state index contributed by atoms with van der Waals surface area (Å²) < 4.78 is 43.8. The van der Waals surface area contributed by atoms with Gasteiger partial charge in [-0.2, -0.15) is 5.26 Å². The number of hydrogen-bond donors (Lipinski definition) is 2. The molecule has 11 heteroatoms. The Hall–Kier alpha value is -3.46. The van der Waals surface area contributed by atoms with Crippen LogP contribution in [0, 0.1) is 17.1 Å². The molecule has 174 valence electrons. The van der Waals surface area contributed by atoms with E-state index in [0.29, 0.717) is 22.5 Å². The van der Waals surface area contributed by atoms with Crippen molar-refractivity contribution in [3.63, 3.8) is 0 Å². The molecule has 0 saturated carbocycles. The van der Waals surface area contributed by atoms with Crippen LogP contribution in [0.5, 0.6) is 11.5 Å². The van der Waals surface area contributed by atoms with Crippen LogP contribution in [0.2, 0.25) is 0 Å². The maximum Gasteiger partial charge on any atom is 0.240 e. The van der Waals surface area contributed by atoms with Gasteiger partial charge in [0.05, 0.1) is 15.7 Å². The number of para-hydroxylation sites is 1. The summed E-state index contributed by atoms with van der Waals surface area (Å²) in [5.74, 6) is -0.930. The van der Waals surface area contributed by atoms with Gasteiger partial charge in [0.15, 0.2) is 11.6 Å². The van der Waals surface area contributed by atoms with Gasteiger partial charge in [-0.15, -0.1) is 0 Å². The molecule has 1 saturated heterocycles. The molecule has 0 unspecified atom stereocenters. The summed E-state index contributed by atoms with van der Waals surface area (Å²) in [4.78, 5) is 14.0. The van der Waals surface area contributed by atoms with Crippen molar-refractivity contribution in [2.45, 2.75) is 17.2 Å². The van der Waals surface area contributed by atoms with Crippen molar-refractivity contribution >= 4 is 43.2 Å². The van der Waals surface area contributed by atoms with Crippen LogP contribution >= 0.6 is 15.9 Å². The summed E-state index contributed by atoms with van der Waals surface area (Å²) in [6.07, 6.45) is 0.195. The Morgan fingerprint density at radius 1 is 1.18 bits per heavy atom. The topological polar surface area (TPSA) is 140 Å². The minimum absolute atomic E-state index is 0.0474. The van der Waals surface area contributed by atoms with Crippen LogP contribution in [0.3, 0.4) is 0 Å². The minimum Gasteiger partial charge on any atom is -0.452 e. The largest absolute Gasteiger partial charge is 0.452 e. The molecular formula is C23H18BrFN4O4S. The summed E-state index contributed by atoms with van der Waals surface area (Å²) >= 11 is 3.38. The highest BCUT2D eigenvalue weighted by molar-refractivity contribution is 9.10. The van der Waals surface area contributed by atoms with Crippen LogP contribution < -0.4 is 20.5 Å². The van der Waals surface area contributed by atoms with Crippen LogP contribution in [0.1, 0.15) is 23.5 Å². The van der Waals surface area contributed by atoms with E-state index in [1.54, 1.807) is 12.1 Å². The summed E-state index contributed by atoms with van der Waals surface area (Å²) in [5, 5.41) is 14.4. The molecule has 0 spiro atoms. The highest BCUT2D eigenvalue weighted by Gasteiger charge is 2.32. The van der Waals surface area contributed by atoms with E-state index in [-0.39, 0.29) is 40.1 Å². The highest BCUT2D eigenvalue weighted by atomic mass is 79.9. The fourth-order valence-corrected chi connectivity index (χ4v) is 4.78. The van der Waals surface area contributed by atoms with Crippen molar-refractivity contribution in [2.24, 2.45) is 5.14 Å². The molecule has 0 bridgehead atoms. The van der Waals surface area contributed by atoms with Crippen LogP contribution in [0.4, 0.5) is 15.8 Å². The predicted molar refractivity (Wildman–Crippen MR) is 127 cm³/mol. The van der Waals surface area contributed by atoms with Gasteiger partial charge in [0, 0.05) is 24.6 Å². The minimum atomic E-state index is -3.98. The van der Waals surface area contributed by atoms with Gasteiger partial charge in [0.25, 0.3) is 0 Å². The Morgan fingerprint density at radius 3 is 2.62 bits per heavy atom. The van der Waals surface area contributed by atoms with E-state index in [4.69, 9.17) is 15.6 Å². The zero-order chi connectivity index (χ0) is 24.6. The van der Waals surface area contributed by atoms with Crippen LogP contribution in [0.15, 0.2) is 64.0 Å². The number of benzene rings is 3. The molecule has 0 radical (unpaired) electrons. The van der Waals surface area contributed by atoms with Gasteiger partial charge < -0.3 is 15.4 Å². The normalized spacial score (nSPS) is 15.9. The molecule has 1 heterocycles. The van der Waals surface area contributed by atoms with Gasteiger partial charge in [-0.25, -0.2) is 17.9 Å². The molecule has 3 aromatic rings. The fourth-order valence-electron chi connectivity index (χ4n) is 3.81. The van der Waals surface area contributed by atoms with E-state index >= 15 is 0 Å². The molecule has 1 atom stereocenters. The number of rotatable bonds is 5. The highest BCUT2D eigenvalue weighted by Crippen LogP contribution is 2.39.